The van der Waals surface area contributed by atoms with Gasteiger partial charge in [-0.1, -0.05) is 12.8 Å². The molecule has 0 atom stereocenters. The van der Waals surface area contributed by atoms with Gasteiger partial charge in [-0.05, 0) is 43.2 Å². The summed E-state index contributed by atoms with van der Waals surface area (Å²) in [6.07, 6.45) is 4.17. The first-order valence-electron chi connectivity index (χ1n) is 11.6. The molecule has 1 saturated heterocycles. The van der Waals surface area contributed by atoms with E-state index in [0.717, 1.165) is 57.5 Å². The lowest BCUT2D eigenvalue weighted by Crippen LogP contribution is -2.43. The first-order chi connectivity index (χ1) is 16.4. The van der Waals surface area contributed by atoms with Crippen LogP contribution in [0.25, 0.3) is 0 Å². The molecule has 0 aromatic heterocycles. The molecule has 1 amide bonds. The van der Waals surface area contributed by atoms with Gasteiger partial charge in [0.2, 0.25) is 0 Å². The average Bonchev–Trinajstić information content (AvgIpc) is 3.37. The van der Waals surface area contributed by atoms with Gasteiger partial charge >= 0.3 is 0 Å². The van der Waals surface area contributed by atoms with E-state index >= 15 is 0 Å². The van der Waals surface area contributed by atoms with Crippen LogP contribution >= 0.6 is 0 Å². The van der Waals surface area contributed by atoms with Crippen molar-refractivity contribution in [1.82, 2.24) is 10.6 Å². The Balaban J connectivity index is 1.69. The molecule has 10 heteroatoms. The topological polar surface area (TPSA) is 109 Å². The minimum atomic E-state index is -4.04. The number of nitrogens with one attached hydrogen (secondary N) is 3. The van der Waals surface area contributed by atoms with E-state index in [1.165, 1.54) is 20.3 Å². The van der Waals surface area contributed by atoms with Gasteiger partial charge in [0, 0.05) is 43.9 Å². The van der Waals surface area contributed by atoms with Crippen molar-refractivity contribution in [2.75, 3.05) is 50.0 Å². The molecule has 2 fully saturated rings. The predicted molar refractivity (Wildman–Crippen MR) is 132 cm³/mol. The van der Waals surface area contributed by atoms with Gasteiger partial charge in [-0.15, -0.1) is 0 Å². The summed E-state index contributed by atoms with van der Waals surface area (Å²) in [5.41, 5.74) is 1.50. The third-order valence-corrected chi connectivity index (χ3v) is 7.70. The third-order valence-electron chi connectivity index (χ3n) is 6.31. The predicted octanol–water partition coefficient (Wildman–Crippen LogP) is 2.59. The summed E-state index contributed by atoms with van der Waals surface area (Å²) in [4.78, 5) is 15.0. The Bertz CT molecular complexity index is 1130. The molecule has 0 bridgehead atoms. The van der Waals surface area contributed by atoms with Crippen molar-refractivity contribution in [3.8, 4) is 11.5 Å². The van der Waals surface area contributed by atoms with Crippen LogP contribution in [0, 0.1) is 0 Å². The lowest BCUT2D eigenvalue weighted by atomic mass is 10.1. The summed E-state index contributed by atoms with van der Waals surface area (Å²) in [5.74, 6) is 0.401. The van der Waals surface area contributed by atoms with Crippen LogP contribution in [0.1, 0.15) is 36.0 Å². The molecule has 9 nitrogen and oxygen atoms in total. The number of benzene rings is 2. The molecule has 0 unspecified atom stereocenters. The Morgan fingerprint density at radius 2 is 1.76 bits per heavy atom. The Morgan fingerprint density at radius 3 is 2.44 bits per heavy atom. The highest BCUT2D eigenvalue weighted by Gasteiger charge is 2.25. The van der Waals surface area contributed by atoms with E-state index in [-0.39, 0.29) is 22.6 Å². The standard InChI is InChI=1S/C24H32N4O5S/c1-32-19-8-10-22(33-2)23(16-19)34(30,31)27-20-15-17(24(29)26-18-5-3-4-6-18)7-9-21(20)28-13-11-25-12-14-28/h7-10,15-16,18,25,27H,3-6,11-14H2,1-2H3,(H,26,29). The Kier molecular flexibility index (Phi) is 7.47. The first-order valence-corrected chi connectivity index (χ1v) is 13.0. The van der Waals surface area contributed by atoms with Crippen LogP contribution in [0.5, 0.6) is 11.5 Å². The summed E-state index contributed by atoms with van der Waals surface area (Å²) in [6.45, 7) is 3.04. The lowest BCUT2D eigenvalue weighted by molar-refractivity contribution is 0.0938. The maximum Gasteiger partial charge on any atom is 0.265 e. The molecule has 1 saturated carbocycles. The lowest BCUT2D eigenvalue weighted by Gasteiger charge is -2.31. The molecule has 34 heavy (non-hydrogen) atoms. The number of carbonyl (C=O) groups is 1. The number of hydrogen-bond acceptors (Lipinski definition) is 7. The summed E-state index contributed by atoms with van der Waals surface area (Å²) in [6, 6.07) is 9.96. The highest BCUT2D eigenvalue weighted by molar-refractivity contribution is 7.92. The zero-order valence-corrected chi connectivity index (χ0v) is 20.4. The molecule has 3 N–H and O–H groups in total. The number of amides is 1. The van der Waals surface area contributed by atoms with E-state index in [0.29, 0.717) is 17.0 Å². The normalized spacial score (nSPS) is 16.8. The number of carbonyl (C=O) groups excluding carboxylic acids is 1. The van der Waals surface area contributed by atoms with Gasteiger partial charge in [0.1, 0.15) is 16.4 Å². The van der Waals surface area contributed by atoms with Crippen LogP contribution in [0.2, 0.25) is 0 Å². The number of sulfonamides is 1. The fourth-order valence-electron chi connectivity index (χ4n) is 4.47. The van der Waals surface area contributed by atoms with Gasteiger partial charge in [-0.3, -0.25) is 9.52 Å². The van der Waals surface area contributed by atoms with Gasteiger partial charge < -0.3 is 25.0 Å². The maximum atomic E-state index is 13.5. The van der Waals surface area contributed by atoms with Crippen molar-refractivity contribution < 1.29 is 22.7 Å². The largest absolute Gasteiger partial charge is 0.497 e. The molecule has 1 heterocycles. The molecular formula is C24H32N4O5S. The fourth-order valence-corrected chi connectivity index (χ4v) is 5.72. The number of piperazine rings is 1. The molecule has 2 aliphatic rings. The first kappa shape index (κ1) is 24.2. The Hall–Kier alpha value is -2.98. The van der Waals surface area contributed by atoms with Gasteiger partial charge in [-0.25, -0.2) is 8.42 Å². The molecule has 2 aromatic rings. The van der Waals surface area contributed by atoms with Crippen molar-refractivity contribution in [3.63, 3.8) is 0 Å². The van der Waals surface area contributed by atoms with Crippen LogP contribution in [-0.4, -0.2) is 60.8 Å². The summed E-state index contributed by atoms with van der Waals surface area (Å²) in [7, 11) is -1.15. The van der Waals surface area contributed by atoms with Crippen LogP contribution < -0.4 is 29.7 Å². The van der Waals surface area contributed by atoms with Gasteiger partial charge in [0.05, 0.1) is 25.6 Å². The zero-order chi connectivity index (χ0) is 24.1. The molecular weight excluding hydrogens is 456 g/mol. The van der Waals surface area contributed by atoms with Crippen molar-refractivity contribution in [2.45, 2.75) is 36.6 Å². The fraction of sp³-hybridized carbons (Fsp3) is 0.458. The summed E-state index contributed by atoms with van der Waals surface area (Å²) >= 11 is 0. The van der Waals surface area contributed by atoms with Crippen LogP contribution in [0.3, 0.4) is 0 Å². The molecule has 0 spiro atoms. The monoisotopic (exact) mass is 488 g/mol. The van der Waals surface area contributed by atoms with E-state index < -0.39 is 10.0 Å². The molecule has 4 rings (SSSR count). The number of nitrogens with zero attached hydrogens (tertiary/aromatic N) is 1. The minimum Gasteiger partial charge on any atom is -0.497 e. The van der Waals surface area contributed by atoms with Gasteiger partial charge in [-0.2, -0.15) is 0 Å². The summed E-state index contributed by atoms with van der Waals surface area (Å²) in [5, 5.41) is 6.37. The zero-order valence-electron chi connectivity index (χ0n) is 19.6. The highest BCUT2D eigenvalue weighted by Crippen LogP contribution is 2.34. The average molecular weight is 489 g/mol. The van der Waals surface area contributed by atoms with Crippen molar-refractivity contribution in [1.29, 1.82) is 0 Å². The second kappa shape index (κ2) is 10.5. The van der Waals surface area contributed by atoms with Gasteiger partial charge in [0.25, 0.3) is 15.9 Å². The minimum absolute atomic E-state index is 0.0404. The molecule has 1 aliphatic heterocycles. The third kappa shape index (κ3) is 5.39. The van der Waals surface area contributed by atoms with E-state index in [1.54, 1.807) is 24.3 Å². The molecule has 1 aliphatic carbocycles. The highest BCUT2D eigenvalue weighted by atomic mass is 32.2. The Labute approximate surface area is 200 Å². The number of rotatable bonds is 8. The molecule has 0 radical (unpaired) electrons. The number of ether oxygens (including phenoxy) is 2. The van der Waals surface area contributed by atoms with E-state index in [2.05, 4.69) is 20.3 Å². The van der Waals surface area contributed by atoms with Crippen molar-refractivity contribution in [3.05, 3.63) is 42.0 Å². The van der Waals surface area contributed by atoms with Crippen LogP contribution in [0.15, 0.2) is 41.3 Å². The second-order valence-corrected chi connectivity index (χ2v) is 10.2. The smallest absolute Gasteiger partial charge is 0.265 e. The molecule has 184 valence electrons. The summed E-state index contributed by atoms with van der Waals surface area (Å²) < 4.78 is 40.2. The SMILES string of the molecule is COc1ccc(OC)c(S(=O)(=O)Nc2cc(C(=O)NC3CCCC3)ccc2N2CCNCC2)c1. The quantitative estimate of drug-likeness (QED) is 0.524. The number of hydrogen-bond donors (Lipinski definition) is 3. The van der Waals surface area contributed by atoms with Gasteiger partial charge in [0.15, 0.2) is 0 Å². The van der Waals surface area contributed by atoms with Crippen LogP contribution in [-0.2, 0) is 10.0 Å². The van der Waals surface area contributed by atoms with Crippen LogP contribution in [0.4, 0.5) is 11.4 Å². The van der Waals surface area contributed by atoms with E-state index in [1.807, 2.05) is 6.07 Å². The van der Waals surface area contributed by atoms with E-state index in [9.17, 15) is 13.2 Å². The number of methoxy groups -OCH3 is 2. The number of anilines is 2. The van der Waals surface area contributed by atoms with Crippen molar-refractivity contribution in [2.24, 2.45) is 0 Å². The van der Waals surface area contributed by atoms with E-state index in [4.69, 9.17) is 9.47 Å². The molecule has 2 aromatic carbocycles. The van der Waals surface area contributed by atoms with Crippen molar-refractivity contribution >= 4 is 27.3 Å². The Morgan fingerprint density at radius 1 is 1.03 bits per heavy atom. The maximum absolute atomic E-state index is 13.5. The second-order valence-electron chi connectivity index (χ2n) is 8.55.